The van der Waals surface area contributed by atoms with Gasteiger partial charge in [0.1, 0.15) is 11.6 Å². The zero-order valence-corrected chi connectivity index (χ0v) is 20.3. The minimum atomic E-state index is -0.407. The zero-order chi connectivity index (χ0) is 24.0. The normalized spacial score (nSPS) is 32.5. The van der Waals surface area contributed by atoms with Crippen molar-refractivity contribution in [2.45, 2.75) is 22.6 Å². The van der Waals surface area contributed by atoms with Crippen molar-refractivity contribution in [3.8, 4) is 5.75 Å². The van der Waals surface area contributed by atoms with Crippen LogP contribution < -0.4 is 14.5 Å². The number of rotatable bonds is 3. The number of benzene rings is 2. The highest BCUT2D eigenvalue weighted by atomic mass is 32.2. The number of hydrogen-bond acceptors (Lipinski definition) is 6. The lowest BCUT2D eigenvalue weighted by atomic mass is 9.68. The Balaban J connectivity index is 1.34. The van der Waals surface area contributed by atoms with Crippen molar-refractivity contribution in [2.75, 3.05) is 12.0 Å². The number of imide groups is 1. The first kappa shape index (κ1) is 21.4. The molecule has 178 valence electrons. The third-order valence-electron chi connectivity index (χ3n) is 8.28. The summed E-state index contributed by atoms with van der Waals surface area (Å²) in [5.74, 6) is -0.718. The fourth-order valence-corrected chi connectivity index (χ4v) is 10.0. The molecule has 2 bridgehead atoms. The Morgan fingerprint density at radius 3 is 2.46 bits per heavy atom. The maximum absolute atomic E-state index is 13.7. The molecule has 2 saturated carbocycles. The number of amides is 2. The summed E-state index contributed by atoms with van der Waals surface area (Å²) >= 11 is 2.89. The van der Waals surface area contributed by atoms with Crippen molar-refractivity contribution in [2.24, 2.45) is 29.6 Å². The largest absolute Gasteiger partial charge is 0.496 e. The van der Waals surface area contributed by atoms with Gasteiger partial charge in [-0.2, -0.15) is 0 Å². The lowest BCUT2D eigenvalue weighted by Gasteiger charge is -2.43. The first-order valence-electron chi connectivity index (χ1n) is 11.6. The van der Waals surface area contributed by atoms with Crippen molar-refractivity contribution in [1.82, 2.24) is 4.98 Å². The minimum absolute atomic E-state index is 0.0182. The van der Waals surface area contributed by atoms with E-state index >= 15 is 0 Å². The van der Waals surface area contributed by atoms with Gasteiger partial charge in [0.25, 0.3) is 0 Å². The quantitative estimate of drug-likeness (QED) is 0.535. The highest BCUT2D eigenvalue weighted by Crippen LogP contribution is 2.69. The molecule has 1 N–H and O–H groups in total. The summed E-state index contributed by atoms with van der Waals surface area (Å²) in [6.07, 6.45) is 0.817. The molecule has 2 aliphatic heterocycles. The van der Waals surface area contributed by atoms with Gasteiger partial charge in [-0.05, 0) is 54.5 Å². The number of nitrogens with one attached hydrogen (secondary N) is 1. The molecule has 0 radical (unpaired) electrons. The molecular weight excluding hydrogens is 487 g/mol. The summed E-state index contributed by atoms with van der Waals surface area (Å²) in [6, 6.07) is 13.4. The molecule has 0 spiro atoms. The first-order chi connectivity index (χ1) is 17.0. The second-order valence-corrected chi connectivity index (χ2v) is 11.9. The van der Waals surface area contributed by atoms with Gasteiger partial charge in [-0.1, -0.05) is 29.5 Å². The summed E-state index contributed by atoms with van der Waals surface area (Å²) < 4.78 is 19.2. The van der Waals surface area contributed by atoms with E-state index in [4.69, 9.17) is 4.74 Å². The van der Waals surface area contributed by atoms with Crippen LogP contribution in [0.15, 0.2) is 58.4 Å². The maximum Gasteiger partial charge on any atom is 0.305 e. The van der Waals surface area contributed by atoms with Gasteiger partial charge in [0.05, 0.1) is 29.7 Å². The Hall–Kier alpha value is -2.91. The van der Waals surface area contributed by atoms with E-state index in [0.29, 0.717) is 5.69 Å². The molecule has 3 fully saturated rings. The predicted octanol–water partition coefficient (Wildman–Crippen LogP) is 4.26. The number of carbonyl (C=O) groups excluding carboxylic acids is 2. The van der Waals surface area contributed by atoms with E-state index in [1.165, 1.54) is 40.5 Å². The smallest absolute Gasteiger partial charge is 0.305 e. The zero-order valence-electron chi connectivity index (χ0n) is 18.6. The molecule has 7 atom stereocenters. The van der Waals surface area contributed by atoms with Crippen LogP contribution in [0.4, 0.5) is 10.1 Å². The Bertz CT molecular complexity index is 1430. The highest BCUT2D eigenvalue weighted by Gasteiger charge is 2.69. The Morgan fingerprint density at radius 1 is 1.00 bits per heavy atom. The number of H-pyrrole nitrogens is 1. The molecule has 2 aromatic carbocycles. The molecule has 0 unspecified atom stereocenters. The highest BCUT2D eigenvalue weighted by molar-refractivity contribution is 8.00. The fraction of sp³-hybridized carbons (Fsp3) is 0.346. The van der Waals surface area contributed by atoms with Gasteiger partial charge in [0.2, 0.25) is 11.8 Å². The van der Waals surface area contributed by atoms with E-state index in [2.05, 4.69) is 4.98 Å². The van der Waals surface area contributed by atoms with Crippen molar-refractivity contribution < 1.29 is 18.7 Å². The van der Waals surface area contributed by atoms with Gasteiger partial charge in [0.15, 0.2) is 0 Å². The van der Waals surface area contributed by atoms with Crippen LogP contribution in [0.2, 0.25) is 0 Å². The number of hydrogen-bond donors (Lipinski definition) is 1. The van der Waals surface area contributed by atoms with Gasteiger partial charge in [-0.3, -0.25) is 19.3 Å². The second kappa shape index (κ2) is 7.54. The van der Waals surface area contributed by atoms with Gasteiger partial charge >= 0.3 is 4.87 Å². The van der Waals surface area contributed by atoms with Crippen molar-refractivity contribution in [3.05, 3.63) is 74.5 Å². The predicted molar refractivity (Wildman–Crippen MR) is 130 cm³/mol. The Morgan fingerprint density at radius 2 is 1.71 bits per heavy atom. The molecule has 7 rings (SSSR count). The fourth-order valence-electron chi connectivity index (χ4n) is 7.13. The number of thiazole rings is 1. The molecule has 9 heteroatoms. The number of thioether (sulfide) groups is 1. The van der Waals surface area contributed by atoms with E-state index in [9.17, 15) is 18.8 Å². The van der Waals surface area contributed by atoms with Crippen LogP contribution in [0.3, 0.4) is 0 Å². The third kappa shape index (κ3) is 2.85. The number of nitrogens with zero attached hydrogens (tertiary/aromatic N) is 1. The number of aromatic nitrogens is 1. The Labute approximate surface area is 208 Å². The van der Waals surface area contributed by atoms with E-state index in [1.54, 1.807) is 18.9 Å². The van der Waals surface area contributed by atoms with Crippen molar-refractivity contribution >= 4 is 40.6 Å². The van der Waals surface area contributed by atoms with E-state index < -0.39 is 11.7 Å². The number of para-hydroxylation sites is 1. The third-order valence-corrected chi connectivity index (χ3v) is 10.9. The molecule has 6 nitrogen and oxygen atoms in total. The van der Waals surface area contributed by atoms with Crippen LogP contribution in [0, 0.1) is 35.4 Å². The summed E-state index contributed by atoms with van der Waals surface area (Å²) in [6.45, 7) is 0. The van der Waals surface area contributed by atoms with Crippen LogP contribution in [-0.4, -0.2) is 29.2 Å². The van der Waals surface area contributed by atoms with Crippen LogP contribution in [0.5, 0.6) is 5.75 Å². The molecule has 4 aliphatic rings. The summed E-state index contributed by atoms with van der Waals surface area (Å²) in [4.78, 5) is 44.8. The number of halogens is 1. The maximum atomic E-state index is 13.7. The number of anilines is 1. The number of ether oxygens (including phenoxy) is 1. The number of aromatic amines is 1. The topological polar surface area (TPSA) is 79.5 Å². The molecule has 3 aromatic rings. The van der Waals surface area contributed by atoms with Crippen LogP contribution in [-0.2, 0) is 9.59 Å². The molecule has 1 saturated heterocycles. The van der Waals surface area contributed by atoms with Gasteiger partial charge in [-0.15, -0.1) is 11.8 Å². The van der Waals surface area contributed by atoms with Crippen LogP contribution in [0.1, 0.15) is 22.8 Å². The number of methoxy groups -OCH3 is 1. The van der Waals surface area contributed by atoms with Gasteiger partial charge in [-0.25, -0.2) is 4.39 Å². The summed E-state index contributed by atoms with van der Waals surface area (Å²) in [5.41, 5.74) is 1.44. The van der Waals surface area contributed by atoms with Crippen LogP contribution in [0.25, 0.3) is 0 Å². The van der Waals surface area contributed by atoms with Crippen molar-refractivity contribution in [1.29, 1.82) is 0 Å². The lowest BCUT2D eigenvalue weighted by Crippen LogP contribution is -2.42. The van der Waals surface area contributed by atoms with Gasteiger partial charge < -0.3 is 9.72 Å². The minimum Gasteiger partial charge on any atom is -0.496 e. The molecule has 35 heavy (non-hydrogen) atoms. The van der Waals surface area contributed by atoms with E-state index in [-0.39, 0.29) is 51.5 Å². The standard InChI is InChI=1S/C26H21FN2O4S2/c1-33-16-5-3-2-4-13(16)17-18-14-10-15(21(18)34-23-22(17)35-26(32)28-23)20-19(14)24(30)29(25(20)31)12-8-6-11(27)7-9-12/h2-9,14-15,17-21H,10H2,1H3,(H,28,32)/t14-,15+,17-,18+,19+,20-,21-/m1/s1. The van der Waals surface area contributed by atoms with E-state index in [0.717, 1.165) is 27.6 Å². The molecule has 3 heterocycles. The lowest BCUT2D eigenvalue weighted by molar-refractivity contribution is -0.123. The average Bonchev–Trinajstić information content (AvgIpc) is 3.59. The monoisotopic (exact) mass is 508 g/mol. The summed E-state index contributed by atoms with van der Waals surface area (Å²) in [5, 5.41) is 0.979. The number of carbonyl (C=O) groups is 2. The molecule has 2 amide bonds. The molecular formula is C26H21FN2O4S2. The average molecular weight is 509 g/mol. The van der Waals surface area contributed by atoms with Crippen molar-refractivity contribution in [3.63, 3.8) is 0 Å². The molecule has 1 aromatic heterocycles. The SMILES string of the molecule is COc1ccccc1[C@H]1c2sc(=O)[nH]c2S[C@@H]2[C@H]3C[C@@H]([C@@H]4C(=O)N(c5ccc(F)cc5)C(=O)[C@H]34)[C@@H]12. The first-order valence-corrected chi connectivity index (χ1v) is 13.3. The molecule has 2 aliphatic carbocycles. The van der Waals surface area contributed by atoms with Crippen LogP contribution >= 0.6 is 23.1 Å². The van der Waals surface area contributed by atoms with E-state index in [1.807, 2.05) is 24.3 Å². The second-order valence-electron chi connectivity index (χ2n) is 9.69. The van der Waals surface area contributed by atoms with Gasteiger partial charge in [0, 0.05) is 21.6 Å². The summed E-state index contributed by atoms with van der Waals surface area (Å²) in [7, 11) is 1.64. The Kier molecular flexibility index (Phi) is 4.61. The number of fused-ring (bicyclic) bond motifs is 9.